The number of aromatic nitrogens is 3. The van der Waals surface area contributed by atoms with E-state index in [9.17, 15) is 24.3 Å². The summed E-state index contributed by atoms with van der Waals surface area (Å²) in [6.45, 7) is 3.35. The molecule has 2 heterocycles. The van der Waals surface area contributed by atoms with Crippen LogP contribution in [0.15, 0.2) is 43.0 Å². The average Bonchev–Trinajstić information content (AvgIpc) is 3.51. The first kappa shape index (κ1) is 27.4. The lowest BCUT2D eigenvalue weighted by molar-refractivity contribution is -0.141. The van der Waals surface area contributed by atoms with Gasteiger partial charge in [-0.3, -0.25) is 14.4 Å². The Labute approximate surface area is 213 Å². The second-order valence-corrected chi connectivity index (χ2v) is 9.32. The molecule has 3 amide bonds. The number of nitrogens with two attached hydrogens (primary N) is 1. The number of hydrogen-bond acceptors (Lipinski definition) is 6. The number of carbonyl (C=O) groups excluding carboxylic acids is 3. The molecule has 8 N–H and O–H groups in total. The van der Waals surface area contributed by atoms with Gasteiger partial charge in [0, 0.05) is 35.4 Å². The number of amides is 3. The van der Waals surface area contributed by atoms with Crippen molar-refractivity contribution >= 4 is 34.6 Å². The lowest BCUT2D eigenvalue weighted by Crippen LogP contribution is -2.54. The van der Waals surface area contributed by atoms with Crippen molar-refractivity contribution in [2.45, 2.75) is 51.2 Å². The summed E-state index contributed by atoms with van der Waals surface area (Å²) in [7, 11) is 0. The molecule has 0 saturated carbocycles. The summed E-state index contributed by atoms with van der Waals surface area (Å²) in [6.07, 6.45) is 5.30. The molecule has 0 aliphatic carbocycles. The van der Waals surface area contributed by atoms with E-state index in [1.165, 1.54) is 12.5 Å². The Bertz CT molecular complexity index is 1220. The highest BCUT2D eigenvalue weighted by Crippen LogP contribution is 2.19. The van der Waals surface area contributed by atoms with Gasteiger partial charge in [0.15, 0.2) is 0 Å². The van der Waals surface area contributed by atoms with Gasteiger partial charge in [0.2, 0.25) is 17.7 Å². The average molecular weight is 512 g/mol. The molecule has 12 heteroatoms. The van der Waals surface area contributed by atoms with Crippen LogP contribution in [0.25, 0.3) is 10.9 Å². The van der Waals surface area contributed by atoms with Crippen molar-refractivity contribution in [3.05, 3.63) is 54.2 Å². The van der Waals surface area contributed by atoms with Gasteiger partial charge in [0.25, 0.3) is 0 Å². The number of benzene rings is 1. The van der Waals surface area contributed by atoms with Crippen molar-refractivity contribution in [1.82, 2.24) is 30.9 Å². The number of carbonyl (C=O) groups is 4. The molecule has 2 aromatic heterocycles. The fourth-order valence-corrected chi connectivity index (χ4v) is 3.96. The van der Waals surface area contributed by atoms with Gasteiger partial charge in [-0.15, -0.1) is 0 Å². The topological polar surface area (TPSA) is 195 Å². The van der Waals surface area contributed by atoms with Crippen LogP contribution in [0.1, 0.15) is 31.5 Å². The summed E-state index contributed by atoms with van der Waals surface area (Å²) in [5, 5.41) is 17.9. The summed E-state index contributed by atoms with van der Waals surface area (Å²) in [5.74, 6) is -2.87. The Morgan fingerprint density at radius 1 is 1.03 bits per heavy atom. The van der Waals surface area contributed by atoms with Gasteiger partial charge in [-0.2, -0.15) is 0 Å². The first-order valence-electron chi connectivity index (χ1n) is 12.0. The zero-order valence-electron chi connectivity index (χ0n) is 20.8. The van der Waals surface area contributed by atoms with Crippen LogP contribution in [0.4, 0.5) is 0 Å². The third kappa shape index (κ3) is 7.90. The summed E-state index contributed by atoms with van der Waals surface area (Å²) in [4.78, 5) is 59.2. The standard InChI is InChI=1S/C25H33N7O5/c1-14(2)7-20(32-23(34)18(26)8-15-10-28-19-6-4-3-5-17(15)19)24(35)29-12-22(33)31-21(25(36)37)9-16-11-27-13-30-16/h3-6,10-11,13-14,18,20-21,28H,7-9,12,26H2,1-2H3,(H,27,30)(H,29,35)(H,31,33)(H,32,34)(H,36,37). The number of H-pyrrole nitrogens is 2. The Morgan fingerprint density at radius 3 is 2.46 bits per heavy atom. The molecule has 0 aliphatic heterocycles. The predicted molar refractivity (Wildman–Crippen MR) is 136 cm³/mol. The van der Waals surface area contributed by atoms with Crippen molar-refractivity contribution in [2.75, 3.05) is 6.54 Å². The van der Waals surface area contributed by atoms with Gasteiger partial charge in [-0.05, 0) is 30.4 Å². The third-order valence-corrected chi connectivity index (χ3v) is 5.83. The van der Waals surface area contributed by atoms with Gasteiger partial charge < -0.3 is 36.8 Å². The fraction of sp³-hybridized carbons (Fsp3) is 0.400. The largest absolute Gasteiger partial charge is 0.480 e. The summed E-state index contributed by atoms with van der Waals surface area (Å²) in [6, 6.07) is 4.69. The van der Waals surface area contributed by atoms with Crippen molar-refractivity contribution in [3.63, 3.8) is 0 Å². The maximum Gasteiger partial charge on any atom is 0.326 e. The summed E-state index contributed by atoms with van der Waals surface area (Å²) >= 11 is 0. The molecular weight excluding hydrogens is 478 g/mol. The molecular formula is C25H33N7O5. The van der Waals surface area contributed by atoms with Crippen molar-refractivity contribution in [1.29, 1.82) is 0 Å². The Balaban J connectivity index is 1.55. The number of fused-ring (bicyclic) bond motifs is 1. The number of hydrogen-bond donors (Lipinski definition) is 7. The van der Waals surface area contributed by atoms with Crippen LogP contribution in [-0.2, 0) is 32.0 Å². The Morgan fingerprint density at radius 2 is 1.78 bits per heavy atom. The quantitative estimate of drug-likeness (QED) is 0.170. The smallest absolute Gasteiger partial charge is 0.326 e. The monoisotopic (exact) mass is 511 g/mol. The van der Waals surface area contributed by atoms with E-state index in [-0.39, 0.29) is 18.8 Å². The zero-order valence-corrected chi connectivity index (χ0v) is 20.8. The molecule has 0 radical (unpaired) electrons. The Kier molecular flexibility index (Phi) is 9.39. The molecule has 198 valence electrons. The maximum atomic E-state index is 12.8. The van der Waals surface area contributed by atoms with E-state index >= 15 is 0 Å². The van der Waals surface area contributed by atoms with Gasteiger partial charge in [-0.1, -0.05) is 32.0 Å². The molecule has 3 aromatic rings. The number of para-hydroxylation sites is 1. The molecule has 0 aliphatic rings. The highest BCUT2D eigenvalue weighted by molar-refractivity contribution is 5.93. The number of nitrogens with one attached hydrogen (secondary N) is 5. The second kappa shape index (κ2) is 12.7. The summed E-state index contributed by atoms with van der Waals surface area (Å²) in [5.41, 5.74) is 8.53. The molecule has 0 spiro atoms. The molecule has 3 atom stereocenters. The molecule has 0 fully saturated rings. The van der Waals surface area contributed by atoms with E-state index < -0.39 is 48.4 Å². The van der Waals surface area contributed by atoms with Crippen molar-refractivity contribution in [3.8, 4) is 0 Å². The van der Waals surface area contributed by atoms with Crippen LogP contribution >= 0.6 is 0 Å². The van der Waals surface area contributed by atoms with E-state index in [0.29, 0.717) is 12.1 Å². The SMILES string of the molecule is CC(C)CC(NC(=O)C(N)Cc1c[nH]c2ccccc12)C(=O)NCC(=O)NC(Cc1cnc[nH]1)C(=O)O. The number of carboxylic acid groups (broad SMARTS) is 1. The van der Waals surface area contributed by atoms with Crippen LogP contribution in [0.2, 0.25) is 0 Å². The van der Waals surface area contributed by atoms with E-state index in [1.807, 2.05) is 44.3 Å². The van der Waals surface area contributed by atoms with Crippen LogP contribution in [0, 0.1) is 5.92 Å². The number of nitrogens with zero attached hydrogens (tertiary/aromatic N) is 1. The predicted octanol–water partition coefficient (Wildman–Crippen LogP) is 0.220. The number of aliphatic carboxylic acids is 1. The number of imidazole rings is 1. The molecule has 37 heavy (non-hydrogen) atoms. The first-order chi connectivity index (χ1) is 17.6. The molecule has 1 aromatic carbocycles. The minimum Gasteiger partial charge on any atom is -0.480 e. The molecule has 0 saturated heterocycles. The van der Waals surface area contributed by atoms with Gasteiger partial charge in [0.05, 0.1) is 18.9 Å². The molecule has 3 rings (SSSR count). The minimum atomic E-state index is -1.22. The van der Waals surface area contributed by atoms with E-state index in [2.05, 4.69) is 30.9 Å². The van der Waals surface area contributed by atoms with Gasteiger partial charge in [0.1, 0.15) is 12.1 Å². The zero-order chi connectivity index (χ0) is 26.9. The number of aromatic amines is 2. The maximum absolute atomic E-state index is 12.8. The van der Waals surface area contributed by atoms with Crippen LogP contribution in [0.3, 0.4) is 0 Å². The van der Waals surface area contributed by atoms with Crippen LogP contribution in [0.5, 0.6) is 0 Å². The molecule has 0 bridgehead atoms. The fourth-order valence-electron chi connectivity index (χ4n) is 3.96. The van der Waals surface area contributed by atoms with E-state index in [4.69, 9.17) is 5.73 Å². The van der Waals surface area contributed by atoms with Gasteiger partial charge in [-0.25, -0.2) is 9.78 Å². The first-order valence-corrected chi connectivity index (χ1v) is 12.0. The van der Waals surface area contributed by atoms with E-state index in [1.54, 1.807) is 0 Å². The minimum absolute atomic E-state index is 0.00929. The Hall–Kier alpha value is -4.19. The molecule has 12 nitrogen and oxygen atoms in total. The normalized spacial score (nSPS) is 13.6. The van der Waals surface area contributed by atoms with Gasteiger partial charge >= 0.3 is 5.97 Å². The number of rotatable bonds is 13. The second-order valence-electron chi connectivity index (χ2n) is 9.32. The van der Waals surface area contributed by atoms with E-state index in [0.717, 1.165) is 16.5 Å². The van der Waals surface area contributed by atoms with Crippen molar-refractivity contribution < 1.29 is 24.3 Å². The summed E-state index contributed by atoms with van der Waals surface area (Å²) < 4.78 is 0. The third-order valence-electron chi connectivity index (χ3n) is 5.83. The lowest BCUT2D eigenvalue weighted by atomic mass is 10.0. The highest BCUT2D eigenvalue weighted by Gasteiger charge is 2.26. The highest BCUT2D eigenvalue weighted by atomic mass is 16.4. The van der Waals surface area contributed by atoms with Crippen molar-refractivity contribution in [2.24, 2.45) is 11.7 Å². The lowest BCUT2D eigenvalue weighted by Gasteiger charge is -2.22. The van der Waals surface area contributed by atoms with Crippen LogP contribution < -0.4 is 21.7 Å². The van der Waals surface area contributed by atoms with Crippen LogP contribution in [-0.4, -0.2) is 68.4 Å². The molecule has 3 unspecified atom stereocenters. The number of carboxylic acids is 1.